The SMILES string of the molecule is CCSc1ccccc1C(=O)NC[C@H](O)Cc1ccccc1. The second-order valence-corrected chi connectivity index (χ2v) is 6.29. The minimum atomic E-state index is -0.586. The second kappa shape index (κ2) is 8.61. The summed E-state index contributed by atoms with van der Waals surface area (Å²) in [6.45, 7) is 2.31. The Kier molecular flexibility index (Phi) is 6.49. The average molecular weight is 315 g/mol. The highest BCUT2D eigenvalue weighted by atomic mass is 32.2. The lowest BCUT2D eigenvalue weighted by atomic mass is 10.1. The van der Waals surface area contributed by atoms with Gasteiger partial charge in [-0.2, -0.15) is 0 Å². The monoisotopic (exact) mass is 315 g/mol. The van der Waals surface area contributed by atoms with Crippen LogP contribution in [-0.2, 0) is 6.42 Å². The van der Waals surface area contributed by atoms with Crippen LogP contribution in [0, 0.1) is 0 Å². The number of carbonyl (C=O) groups excluding carboxylic acids is 1. The van der Waals surface area contributed by atoms with Crippen molar-refractivity contribution in [3.05, 3.63) is 65.7 Å². The smallest absolute Gasteiger partial charge is 0.252 e. The molecule has 0 aliphatic carbocycles. The first-order valence-corrected chi connectivity index (χ1v) is 8.41. The Morgan fingerprint density at radius 2 is 1.82 bits per heavy atom. The third-order valence-electron chi connectivity index (χ3n) is 3.24. The third kappa shape index (κ3) is 4.90. The van der Waals surface area contributed by atoms with Crippen molar-refractivity contribution in [1.29, 1.82) is 0 Å². The van der Waals surface area contributed by atoms with Crippen LogP contribution in [-0.4, -0.2) is 29.4 Å². The molecule has 0 saturated carbocycles. The summed E-state index contributed by atoms with van der Waals surface area (Å²) in [4.78, 5) is 13.2. The van der Waals surface area contributed by atoms with Gasteiger partial charge in [0.1, 0.15) is 0 Å². The predicted octanol–water partition coefficient (Wildman–Crippen LogP) is 3.13. The number of aliphatic hydroxyl groups is 1. The van der Waals surface area contributed by atoms with Crippen molar-refractivity contribution < 1.29 is 9.90 Å². The number of hydrogen-bond donors (Lipinski definition) is 2. The van der Waals surface area contributed by atoms with Gasteiger partial charge in [0.15, 0.2) is 0 Å². The van der Waals surface area contributed by atoms with Gasteiger partial charge in [0, 0.05) is 17.9 Å². The summed E-state index contributed by atoms with van der Waals surface area (Å²) in [5.41, 5.74) is 1.73. The lowest BCUT2D eigenvalue weighted by Gasteiger charge is -2.13. The van der Waals surface area contributed by atoms with Gasteiger partial charge < -0.3 is 10.4 Å². The zero-order valence-electron chi connectivity index (χ0n) is 12.7. The fraction of sp³-hybridized carbons (Fsp3) is 0.278. The first-order valence-electron chi connectivity index (χ1n) is 7.42. The number of rotatable bonds is 7. The molecule has 0 aliphatic rings. The van der Waals surface area contributed by atoms with Crippen molar-refractivity contribution in [3.63, 3.8) is 0 Å². The molecular weight excluding hydrogens is 294 g/mol. The molecule has 3 nitrogen and oxygen atoms in total. The van der Waals surface area contributed by atoms with Gasteiger partial charge >= 0.3 is 0 Å². The van der Waals surface area contributed by atoms with E-state index in [0.717, 1.165) is 16.2 Å². The van der Waals surface area contributed by atoms with Gasteiger partial charge in [-0.05, 0) is 23.4 Å². The highest BCUT2D eigenvalue weighted by Gasteiger charge is 2.12. The molecule has 22 heavy (non-hydrogen) atoms. The van der Waals surface area contributed by atoms with E-state index >= 15 is 0 Å². The zero-order valence-corrected chi connectivity index (χ0v) is 13.5. The summed E-state index contributed by atoms with van der Waals surface area (Å²) in [6, 6.07) is 17.3. The highest BCUT2D eigenvalue weighted by molar-refractivity contribution is 7.99. The maximum absolute atomic E-state index is 12.3. The van der Waals surface area contributed by atoms with E-state index in [2.05, 4.69) is 12.2 Å². The highest BCUT2D eigenvalue weighted by Crippen LogP contribution is 2.22. The van der Waals surface area contributed by atoms with Gasteiger partial charge in [0.2, 0.25) is 0 Å². The molecule has 2 rings (SSSR count). The molecule has 1 amide bonds. The van der Waals surface area contributed by atoms with Crippen molar-refractivity contribution in [2.75, 3.05) is 12.3 Å². The van der Waals surface area contributed by atoms with Crippen LogP contribution in [0.4, 0.5) is 0 Å². The molecule has 0 aliphatic heterocycles. The van der Waals surface area contributed by atoms with E-state index in [1.165, 1.54) is 0 Å². The third-order valence-corrected chi connectivity index (χ3v) is 4.20. The number of benzene rings is 2. The second-order valence-electron chi connectivity index (χ2n) is 4.98. The fourth-order valence-corrected chi connectivity index (χ4v) is 3.00. The van der Waals surface area contributed by atoms with E-state index in [-0.39, 0.29) is 12.5 Å². The van der Waals surface area contributed by atoms with Crippen molar-refractivity contribution in [2.45, 2.75) is 24.3 Å². The van der Waals surface area contributed by atoms with Gasteiger partial charge in [0.05, 0.1) is 11.7 Å². The normalized spacial score (nSPS) is 11.9. The first kappa shape index (κ1) is 16.6. The molecule has 4 heteroatoms. The van der Waals surface area contributed by atoms with E-state index in [1.807, 2.05) is 54.6 Å². The molecule has 0 aromatic heterocycles. The van der Waals surface area contributed by atoms with E-state index in [4.69, 9.17) is 0 Å². The molecular formula is C18H21NO2S. The molecule has 0 spiro atoms. The van der Waals surface area contributed by atoms with Gasteiger partial charge in [0.25, 0.3) is 5.91 Å². The molecule has 2 aromatic rings. The molecule has 0 heterocycles. The van der Waals surface area contributed by atoms with E-state index in [1.54, 1.807) is 11.8 Å². The Morgan fingerprint density at radius 1 is 1.14 bits per heavy atom. The molecule has 0 saturated heterocycles. The van der Waals surface area contributed by atoms with Crippen LogP contribution in [0.3, 0.4) is 0 Å². The molecule has 0 fully saturated rings. The first-order chi connectivity index (χ1) is 10.7. The fourth-order valence-electron chi connectivity index (χ4n) is 2.20. The summed E-state index contributed by atoms with van der Waals surface area (Å²) in [5.74, 6) is 0.782. The number of hydrogen-bond acceptors (Lipinski definition) is 3. The molecule has 0 radical (unpaired) electrons. The molecule has 2 aromatic carbocycles. The Morgan fingerprint density at radius 3 is 2.55 bits per heavy atom. The molecule has 1 atom stereocenters. The van der Waals surface area contributed by atoms with Gasteiger partial charge in [-0.15, -0.1) is 11.8 Å². The van der Waals surface area contributed by atoms with Gasteiger partial charge in [-0.3, -0.25) is 4.79 Å². The van der Waals surface area contributed by atoms with E-state index in [0.29, 0.717) is 12.0 Å². The van der Waals surface area contributed by atoms with Crippen LogP contribution in [0.25, 0.3) is 0 Å². The topological polar surface area (TPSA) is 49.3 Å². The lowest BCUT2D eigenvalue weighted by Crippen LogP contribution is -2.33. The van der Waals surface area contributed by atoms with Crippen molar-refractivity contribution in [1.82, 2.24) is 5.32 Å². The van der Waals surface area contributed by atoms with Gasteiger partial charge in [-0.1, -0.05) is 49.4 Å². The van der Waals surface area contributed by atoms with Crippen molar-refractivity contribution in [2.24, 2.45) is 0 Å². The van der Waals surface area contributed by atoms with Crippen molar-refractivity contribution >= 4 is 17.7 Å². The summed E-state index contributed by atoms with van der Waals surface area (Å²) in [5, 5.41) is 12.9. The Hall–Kier alpha value is -1.78. The van der Waals surface area contributed by atoms with Crippen LogP contribution in [0.5, 0.6) is 0 Å². The number of amides is 1. The number of nitrogens with one attached hydrogen (secondary N) is 1. The summed E-state index contributed by atoms with van der Waals surface area (Å²) < 4.78 is 0. The number of thioether (sulfide) groups is 1. The zero-order chi connectivity index (χ0) is 15.8. The lowest BCUT2D eigenvalue weighted by molar-refractivity contribution is 0.0913. The summed E-state index contributed by atoms with van der Waals surface area (Å²) in [7, 11) is 0. The maximum Gasteiger partial charge on any atom is 0.252 e. The predicted molar refractivity (Wildman–Crippen MR) is 91.3 cm³/mol. The number of aliphatic hydroxyl groups excluding tert-OH is 1. The Bertz CT molecular complexity index is 601. The Labute approximate surface area is 135 Å². The van der Waals surface area contributed by atoms with E-state index < -0.39 is 6.10 Å². The van der Waals surface area contributed by atoms with Crippen LogP contribution >= 0.6 is 11.8 Å². The number of carbonyl (C=O) groups is 1. The largest absolute Gasteiger partial charge is 0.391 e. The molecule has 0 unspecified atom stereocenters. The van der Waals surface area contributed by atoms with E-state index in [9.17, 15) is 9.90 Å². The Balaban J connectivity index is 1.90. The minimum absolute atomic E-state index is 0.135. The van der Waals surface area contributed by atoms with Crippen LogP contribution < -0.4 is 5.32 Å². The molecule has 116 valence electrons. The quantitative estimate of drug-likeness (QED) is 0.772. The van der Waals surface area contributed by atoms with Gasteiger partial charge in [-0.25, -0.2) is 0 Å². The average Bonchev–Trinajstić information content (AvgIpc) is 2.54. The molecule has 2 N–H and O–H groups in total. The van der Waals surface area contributed by atoms with Crippen LogP contribution in [0.15, 0.2) is 59.5 Å². The summed E-state index contributed by atoms with van der Waals surface area (Å²) in [6.07, 6.45) is -0.0516. The molecule has 0 bridgehead atoms. The minimum Gasteiger partial charge on any atom is -0.391 e. The maximum atomic E-state index is 12.3. The van der Waals surface area contributed by atoms with Crippen molar-refractivity contribution in [3.8, 4) is 0 Å². The standard InChI is InChI=1S/C18H21NO2S/c1-2-22-17-11-7-6-10-16(17)18(21)19-13-15(20)12-14-8-4-3-5-9-14/h3-11,15,20H,2,12-13H2,1H3,(H,19,21)/t15-/m1/s1. The van der Waals surface area contributed by atoms with Crippen LogP contribution in [0.1, 0.15) is 22.8 Å². The van der Waals surface area contributed by atoms with Crippen LogP contribution in [0.2, 0.25) is 0 Å². The summed E-state index contributed by atoms with van der Waals surface area (Å²) >= 11 is 1.64.